The summed E-state index contributed by atoms with van der Waals surface area (Å²) in [6.07, 6.45) is -0.289. The molecule has 0 saturated carbocycles. The number of rotatable bonds is 5. The van der Waals surface area contributed by atoms with Crippen molar-refractivity contribution in [1.82, 2.24) is 14.7 Å². The Kier molecular flexibility index (Phi) is 5.06. The number of carbonyl (C=O) groups is 1. The van der Waals surface area contributed by atoms with Crippen molar-refractivity contribution in [2.45, 2.75) is 30.8 Å². The first kappa shape index (κ1) is 18.2. The predicted octanol–water partition coefficient (Wildman–Crippen LogP) is 1.85. The molecule has 1 amide bonds. The van der Waals surface area contributed by atoms with Crippen molar-refractivity contribution in [1.29, 1.82) is 0 Å². The van der Waals surface area contributed by atoms with E-state index < -0.39 is 11.7 Å². The maximum absolute atomic E-state index is 13.9. The fraction of sp³-hybridized carbons (Fsp3) is 0.611. The Bertz CT molecular complexity index is 634. The Morgan fingerprint density at radius 3 is 2.64 bits per heavy atom. The number of likely N-dealkylation sites (tertiary alicyclic amines) is 2. The van der Waals surface area contributed by atoms with Crippen molar-refractivity contribution < 1.29 is 18.0 Å². The maximum atomic E-state index is 13.9. The minimum absolute atomic E-state index is 0.0571. The Morgan fingerprint density at radius 2 is 2.00 bits per heavy atom. The van der Waals surface area contributed by atoms with Gasteiger partial charge in [-0.15, -0.1) is 0 Å². The lowest BCUT2D eigenvalue weighted by Crippen LogP contribution is -2.60. The summed E-state index contributed by atoms with van der Waals surface area (Å²) in [7, 11) is 3.56. The second-order valence-electron chi connectivity index (χ2n) is 7.30. The van der Waals surface area contributed by atoms with E-state index in [2.05, 4.69) is 4.90 Å². The first-order valence-electron chi connectivity index (χ1n) is 8.54. The number of likely N-dealkylation sites (N-methyl/N-ethyl adjacent to an activating group) is 2. The molecule has 1 atom stereocenters. The van der Waals surface area contributed by atoms with Crippen molar-refractivity contribution in [3.63, 3.8) is 0 Å². The molecule has 2 aliphatic rings. The van der Waals surface area contributed by atoms with Crippen molar-refractivity contribution in [3.8, 4) is 0 Å². The van der Waals surface area contributed by atoms with E-state index in [0.717, 1.165) is 13.1 Å². The van der Waals surface area contributed by atoms with Crippen LogP contribution in [0.2, 0.25) is 0 Å². The summed E-state index contributed by atoms with van der Waals surface area (Å²) in [6, 6.07) is 5.90. The predicted molar refractivity (Wildman–Crippen MR) is 89.1 cm³/mol. The van der Waals surface area contributed by atoms with Crippen molar-refractivity contribution >= 4 is 5.91 Å². The minimum atomic E-state index is -2.71. The molecule has 1 aromatic rings. The molecule has 0 unspecified atom stereocenters. The third-order valence-corrected chi connectivity index (χ3v) is 5.14. The van der Waals surface area contributed by atoms with Gasteiger partial charge >= 0.3 is 0 Å². The van der Waals surface area contributed by atoms with Gasteiger partial charge in [-0.05, 0) is 18.7 Å². The van der Waals surface area contributed by atoms with Crippen LogP contribution in [0.1, 0.15) is 12.0 Å². The summed E-state index contributed by atoms with van der Waals surface area (Å²) in [4.78, 5) is 17.8. The third-order valence-electron chi connectivity index (χ3n) is 5.14. The van der Waals surface area contributed by atoms with Gasteiger partial charge in [-0.3, -0.25) is 9.69 Å². The van der Waals surface area contributed by atoms with Crippen LogP contribution in [-0.2, 0) is 11.2 Å². The Labute approximate surface area is 146 Å². The molecule has 0 aliphatic carbocycles. The number of hydrogen-bond acceptors (Lipinski definition) is 3. The second-order valence-corrected chi connectivity index (χ2v) is 7.30. The van der Waals surface area contributed by atoms with Gasteiger partial charge in [-0.1, -0.05) is 18.2 Å². The lowest BCUT2D eigenvalue weighted by molar-refractivity contribution is -0.130. The zero-order chi connectivity index (χ0) is 18.2. The maximum Gasteiger partial charge on any atom is 0.262 e. The van der Waals surface area contributed by atoms with Crippen LogP contribution in [0, 0.1) is 5.82 Å². The molecule has 7 heteroatoms. The van der Waals surface area contributed by atoms with Gasteiger partial charge in [-0.2, -0.15) is 0 Å². The van der Waals surface area contributed by atoms with Gasteiger partial charge in [0.2, 0.25) is 5.91 Å². The Hall–Kier alpha value is -1.60. The summed E-state index contributed by atoms with van der Waals surface area (Å²) in [6.45, 7) is 1.55. The molecule has 2 fully saturated rings. The first-order chi connectivity index (χ1) is 11.7. The lowest BCUT2D eigenvalue weighted by atomic mass is 10.1. The standard InChI is InChI=1S/C18H24F3N3O/c1-22-9-15(10-22)24-12-18(20,21)8-14(24)11-23(2)17(25)7-13-5-3-4-6-16(13)19/h3-6,14-15H,7-12H2,1-2H3/t14-/m0/s1. The smallest absolute Gasteiger partial charge is 0.262 e. The van der Waals surface area contributed by atoms with Crippen LogP contribution in [0.5, 0.6) is 0 Å². The average molecular weight is 355 g/mol. The largest absolute Gasteiger partial charge is 0.344 e. The summed E-state index contributed by atoms with van der Waals surface area (Å²) >= 11 is 0. The molecule has 0 aromatic heterocycles. The highest BCUT2D eigenvalue weighted by atomic mass is 19.3. The highest BCUT2D eigenvalue weighted by Crippen LogP contribution is 2.35. The van der Waals surface area contributed by atoms with E-state index in [0.29, 0.717) is 5.56 Å². The van der Waals surface area contributed by atoms with Crippen LogP contribution in [0.15, 0.2) is 24.3 Å². The molecule has 138 valence electrons. The molecule has 0 radical (unpaired) electrons. The molecule has 0 bridgehead atoms. The molecular weight excluding hydrogens is 331 g/mol. The molecule has 0 spiro atoms. The molecule has 25 heavy (non-hydrogen) atoms. The van der Waals surface area contributed by atoms with E-state index >= 15 is 0 Å². The van der Waals surface area contributed by atoms with Crippen LogP contribution in [-0.4, -0.2) is 78.9 Å². The number of hydrogen-bond donors (Lipinski definition) is 0. The Morgan fingerprint density at radius 1 is 1.32 bits per heavy atom. The molecule has 4 nitrogen and oxygen atoms in total. The van der Waals surface area contributed by atoms with Crippen LogP contribution in [0.25, 0.3) is 0 Å². The first-order valence-corrected chi connectivity index (χ1v) is 8.54. The van der Waals surface area contributed by atoms with E-state index in [1.54, 1.807) is 25.2 Å². The van der Waals surface area contributed by atoms with E-state index in [1.807, 2.05) is 11.9 Å². The number of carbonyl (C=O) groups excluding carboxylic acids is 1. The number of benzene rings is 1. The van der Waals surface area contributed by atoms with Crippen LogP contribution in [0.4, 0.5) is 13.2 Å². The summed E-state index contributed by atoms with van der Waals surface area (Å²) in [5.41, 5.74) is 0.327. The molecule has 3 rings (SSSR count). The Balaban J connectivity index is 1.61. The number of nitrogens with zero attached hydrogens (tertiary/aromatic N) is 3. The molecule has 2 aliphatic heterocycles. The number of amides is 1. The van der Waals surface area contributed by atoms with Gasteiger partial charge in [0.05, 0.1) is 13.0 Å². The average Bonchev–Trinajstić information content (AvgIpc) is 2.80. The van der Waals surface area contributed by atoms with E-state index in [4.69, 9.17) is 0 Å². The van der Waals surface area contributed by atoms with Crippen LogP contribution < -0.4 is 0 Å². The molecule has 0 N–H and O–H groups in total. The van der Waals surface area contributed by atoms with Crippen molar-refractivity contribution in [2.75, 3.05) is 40.3 Å². The SMILES string of the molecule is CN1CC(N2CC(F)(F)C[C@H]2CN(C)C(=O)Cc2ccccc2F)C1. The van der Waals surface area contributed by atoms with Gasteiger partial charge in [0.15, 0.2) is 0 Å². The van der Waals surface area contributed by atoms with Gasteiger partial charge in [-0.25, -0.2) is 13.2 Å². The third kappa shape index (κ3) is 4.15. The second kappa shape index (κ2) is 6.96. The van der Waals surface area contributed by atoms with E-state index in [9.17, 15) is 18.0 Å². The van der Waals surface area contributed by atoms with Gasteiger partial charge in [0.25, 0.3) is 5.92 Å². The normalized spacial score (nSPS) is 24.3. The molecular formula is C18H24F3N3O. The van der Waals surface area contributed by atoms with Gasteiger partial charge in [0.1, 0.15) is 5.82 Å². The monoisotopic (exact) mass is 355 g/mol. The quantitative estimate of drug-likeness (QED) is 0.807. The van der Waals surface area contributed by atoms with Crippen molar-refractivity contribution in [3.05, 3.63) is 35.6 Å². The van der Waals surface area contributed by atoms with Gasteiger partial charge < -0.3 is 9.80 Å². The molecule has 2 saturated heterocycles. The van der Waals surface area contributed by atoms with E-state index in [1.165, 1.54) is 11.0 Å². The minimum Gasteiger partial charge on any atom is -0.344 e. The summed E-state index contributed by atoms with van der Waals surface area (Å²) < 4.78 is 41.5. The zero-order valence-corrected chi connectivity index (χ0v) is 14.6. The van der Waals surface area contributed by atoms with E-state index in [-0.39, 0.29) is 43.9 Å². The van der Waals surface area contributed by atoms with Crippen molar-refractivity contribution in [2.24, 2.45) is 0 Å². The fourth-order valence-electron chi connectivity index (χ4n) is 3.75. The lowest BCUT2D eigenvalue weighted by Gasteiger charge is -2.44. The number of halogens is 3. The van der Waals surface area contributed by atoms with Crippen LogP contribution >= 0.6 is 0 Å². The summed E-state index contributed by atoms with van der Waals surface area (Å²) in [5.74, 6) is -3.39. The zero-order valence-electron chi connectivity index (χ0n) is 14.6. The molecule has 2 heterocycles. The highest BCUT2D eigenvalue weighted by Gasteiger charge is 2.49. The van der Waals surface area contributed by atoms with Crippen LogP contribution in [0.3, 0.4) is 0 Å². The molecule has 1 aromatic carbocycles. The summed E-state index contributed by atoms with van der Waals surface area (Å²) in [5, 5.41) is 0. The van der Waals surface area contributed by atoms with Gasteiger partial charge in [0, 0.05) is 45.2 Å². The highest BCUT2D eigenvalue weighted by molar-refractivity contribution is 5.78. The fourth-order valence-corrected chi connectivity index (χ4v) is 3.75. The topological polar surface area (TPSA) is 26.8 Å². The number of alkyl halides is 2.